The van der Waals surface area contributed by atoms with Crippen molar-refractivity contribution in [1.82, 2.24) is 4.98 Å². The topological polar surface area (TPSA) is 48.7 Å². The van der Waals surface area contributed by atoms with Gasteiger partial charge in [0.2, 0.25) is 0 Å². The van der Waals surface area contributed by atoms with Crippen molar-refractivity contribution in [2.24, 2.45) is 0 Å². The fraction of sp³-hybridized carbons (Fsp3) is 0.556. The van der Waals surface area contributed by atoms with Gasteiger partial charge in [0.25, 0.3) is 0 Å². The van der Waals surface area contributed by atoms with Crippen LogP contribution in [0.2, 0.25) is 5.15 Å². The highest BCUT2D eigenvalue weighted by molar-refractivity contribution is 8.06. The molecule has 86 valence electrons. The molecule has 1 N–H and O–H groups in total. The molecule has 0 aliphatic carbocycles. The van der Waals surface area contributed by atoms with Crippen molar-refractivity contribution >= 4 is 51.6 Å². The summed E-state index contributed by atoms with van der Waals surface area (Å²) >= 11 is 11.1. The molecule has 2 heterocycles. The average Bonchev–Trinajstić information content (AvgIpc) is 2.69. The van der Waals surface area contributed by atoms with E-state index < -0.39 is 0 Å². The predicted octanol–water partition coefficient (Wildman–Crippen LogP) is 2.93. The van der Waals surface area contributed by atoms with E-state index in [0.717, 1.165) is 11.7 Å². The van der Waals surface area contributed by atoms with Gasteiger partial charge in [0.15, 0.2) is 10.3 Å². The number of aromatic nitrogens is 1. The Morgan fingerprint density at radius 3 is 3.06 bits per heavy atom. The van der Waals surface area contributed by atoms with E-state index in [1.165, 1.54) is 28.6 Å². The van der Waals surface area contributed by atoms with E-state index in [9.17, 15) is 0 Å². The van der Waals surface area contributed by atoms with Gasteiger partial charge in [-0.25, -0.2) is 4.98 Å². The minimum atomic E-state index is 0.306. The third-order valence-corrected chi connectivity index (χ3v) is 6.20. The van der Waals surface area contributed by atoms with Crippen LogP contribution in [0.5, 0.6) is 0 Å². The summed E-state index contributed by atoms with van der Waals surface area (Å²) < 4.78 is 0. The molecule has 1 atom stereocenters. The zero-order valence-electron chi connectivity index (χ0n) is 8.40. The second-order valence-corrected chi connectivity index (χ2v) is 7.11. The monoisotopic (exact) mass is 291 g/mol. The maximum Gasteiger partial charge on any atom is 0.185 e. The van der Waals surface area contributed by atoms with Crippen LogP contribution in [0.25, 0.3) is 0 Å². The maximum absolute atomic E-state index is 8.75. The lowest BCUT2D eigenvalue weighted by Crippen LogP contribution is -2.23. The summed E-state index contributed by atoms with van der Waals surface area (Å²) in [4.78, 5) is 4.58. The molecule has 0 amide bonds. The number of hydrogen-bond donors (Lipinski definition) is 1. The molecule has 0 radical (unpaired) electrons. The van der Waals surface area contributed by atoms with Gasteiger partial charge in [0.05, 0.1) is 0 Å². The molecule has 0 spiro atoms. The number of rotatable bonds is 3. The molecule has 3 nitrogen and oxygen atoms in total. The minimum absolute atomic E-state index is 0.306. The van der Waals surface area contributed by atoms with Crippen LogP contribution in [-0.2, 0) is 0 Å². The minimum Gasteiger partial charge on any atom is -0.360 e. The molecule has 1 unspecified atom stereocenters. The molecule has 1 aliphatic heterocycles. The summed E-state index contributed by atoms with van der Waals surface area (Å²) in [6.45, 7) is 0.895. The fourth-order valence-electron chi connectivity index (χ4n) is 1.30. The van der Waals surface area contributed by atoms with E-state index >= 15 is 0 Å². The third-order valence-electron chi connectivity index (χ3n) is 2.05. The highest BCUT2D eigenvalue weighted by Gasteiger charge is 2.15. The van der Waals surface area contributed by atoms with Gasteiger partial charge in [0, 0.05) is 29.1 Å². The van der Waals surface area contributed by atoms with Crippen molar-refractivity contribution in [1.29, 1.82) is 5.26 Å². The van der Waals surface area contributed by atoms with Gasteiger partial charge < -0.3 is 5.32 Å². The molecule has 2 rings (SSSR count). The van der Waals surface area contributed by atoms with Gasteiger partial charge in [-0.2, -0.15) is 28.8 Å². The van der Waals surface area contributed by atoms with Gasteiger partial charge in [-0.05, 0) is 0 Å². The Morgan fingerprint density at radius 1 is 1.56 bits per heavy atom. The first kappa shape index (κ1) is 12.4. The quantitative estimate of drug-likeness (QED) is 0.928. The van der Waals surface area contributed by atoms with Gasteiger partial charge >= 0.3 is 0 Å². The molecule has 16 heavy (non-hydrogen) atoms. The summed E-state index contributed by atoms with van der Waals surface area (Å²) in [5.74, 6) is 3.66. The Hall–Kier alpha value is -0.0900. The van der Waals surface area contributed by atoms with Gasteiger partial charge in [-0.15, -0.1) is 0 Å². The largest absolute Gasteiger partial charge is 0.360 e. The molecule has 0 aromatic carbocycles. The van der Waals surface area contributed by atoms with Crippen molar-refractivity contribution in [3.05, 3.63) is 10.0 Å². The molecule has 1 saturated heterocycles. The Morgan fingerprint density at radius 2 is 2.44 bits per heavy atom. The van der Waals surface area contributed by atoms with E-state index in [0.29, 0.717) is 15.3 Å². The Bertz CT molecular complexity index is 395. The van der Waals surface area contributed by atoms with Crippen LogP contribution in [0.15, 0.2) is 0 Å². The number of thiazole rings is 1. The Labute approximate surface area is 112 Å². The van der Waals surface area contributed by atoms with E-state index in [4.69, 9.17) is 16.9 Å². The summed E-state index contributed by atoms with van der Waals surface area (Å²) in [6.07, 6.45) is 0. The van der Waals surface area contributed by atoms with Gasteiger partial charge in [0.1, 0.15) is 10.9 Å². The number of hydrogen-bond acceptors (Lipinski definition) is 6. The summed E-state index contributed by atoms with van der Waals surface area (Å²) in [6, 6.07) is 2.03. The van der Waals surface area contributed by atoms with Gasteiger partial charge in [-0.3, -0.25) is 0 Å². The van der Waals surface area contributed by atoms with Crippen LogP contribution >= 0.6 is 46.5 Å². The van der Waals surface area contributed by atoms with E-state index in [1.807, 2.05) is 29.6 Å². The zero-order valence-corrected chi connectivity index (χ0v) is 11.6. The number of nitrogens with zero attached hydrogens (tertiary/aromatic N) is 2. The zero-order chi connectivity index (χ0) is 11.4. The van der Waals surface area contributed by atoms with E-state index in [2.05, 4.69) is 10.3 Å². The second kappa shape index (κ2) is 6.01. The lowest BCUT2D eigenvalue weighted by atomic mass is 10.5. The van der Waals surface area contributed by atoms with Crippen LogP contribution < -0.4 is 5.32 Å². The van der Waals surface area contributed by atoms with Crippen LogP contribution in [0.3, 0.4) is 0 Å². The standard InChI is InChI=1S/C9H10ClN3S3/c10-8-7(3-11)16-9(13-8)12-4-6-5-14-1-2-15-6/h6H,1-2,4-5H2,(H,12,13). The number of nitriles is 1. The molecule has 7 heteroatoms. The normalized spacial score (nSPS) is 20.4. The van der Waals surface area contributed by atoms with Crippen LogP contribution in [0.1, 0.15) is 4.88 Å². The lowest BCUT2D eigenvalue weighted by molar-refractivity contribution is 1.00. The SMILES string of the molecule is N#Cc1sc(NCC2CSCCS2)nc1Cl. The molecule has 0 bridgehead atoms. The second-order valence-electron chi connectivity index (χ2n) is 3.20. The molecule has 1 aromatic rings. The van der Waals surface area contributed by atoms with Gasteiger partial charge in [-0.1, -0.05) is 22.9 Å². The maximum atomic E-state index is 8.75. The number of thioether (sulfide) groups is 2. The van der Waals surface area contributed by atoms with Crippen LogP contribution in [0.4, 0.5) is 5.13 Å². The highest BCUT2D eigenvalue weighted by Crippen LogP contribution is 2.28. The van der Waals surface area contributed by atoms with E-state index in [1.54, 1.807) is 0 Å². The summed E-state index contributed by atoms with van der Waals surface area (Å²) in [5.41, 5.74) is 0. The Kier molecular flexibility index (Phi) is 4.65. The first-order valence-electron chi connectivity index (χ1n) is 4.79. The number of halogens is 1. The molecule has 1 aromatic heterocycles. The first-order chi connectivity index (χ1) is 7.79. The summed E-state index contributed by atoms with van der Waals surface area (Å²) in [5, 5.41) is 13.7. The number of anilines is 1. The molecule has 1 aliphatic rings. The lowest BCUT2D eigenvalue weighted by Gasteiger charge is -2.20. The molecular formula is C9H10ClN3S3. The van der Waals surface area contributed by atoms with Crippen molar-refractivity contribution < 1.29 is 0 Å². The molecule has 1 fully saturated rings. The number of nitrogens with one attached hydrogen (secondary N) is 1. The van der Waals surface area contributed by atoms with Crippen molar-refractivity contribution in [2.75, 3.05) is 29.1 Å². The Balaban J connectivity index is 1.86. The van der Waals surface area contributed by atoms with Crippen LogP contribution in [-0.4, -0.2) is 34.0 Å². The summed E-state index contributed by atoms with van der Waals surface area (Å²) in [7, 11) is 0. The van der Waals surface area contributed by atoms with Crippen molar-refractivity contribution in [2.45, 2.75) is 5.25 Å². The van der Waals surface area contributed by atoms with Crippen molar-refractivity contribution in [3.63, 3.8) is 0 Å². The smallest absolute Gasteiger partial charge is 0.185 e. The highest BCUT2D eigenvalue weighted by atomic mass is 35.5. The molecular weight excluding hydrogens is 282 g/mol. The third kappa shape index (κ3) is 3.20. The van der Waals surface area contributed by atoms with Crippen molar-refractivity contribution in [3.8, 4) is 6.07 Å². The van der Waals surface area contributed by atoms with Crippen LogP contribution in [0, 0.1) is 11.3 Å². The van der Waals surface area contributed by atoms with E-state index in [-0.39, 0.29) is 0 Å². The first-order valence-corrected chi connectivity index (χ1v) is 8.19. The predicted molar refractivity (Wildman–Crippen MR) is 73.9 cm³/mol. The fourth-order valence-corrected chi connectivity index (χ4v) is 4.87. The average molecular weight is 292 g/mol. The molecule has 0 saturated carbocycles.